The summed E-state index contributed by atoms with van der Waals surface area (Å²) in [4.78, 5) is 24.4. The zero-order valence-corrected chi connectivity index (χ0v) is 11.4. The van der Waals surface area contributed by atoms with Crippen LogP contribution in [0.2, 0.25) is 0 Å². The fraction of sp³-hybridized carbons (Fsp3) is 0.0769. The summed E-state index contributed by atoms with van der Waals surface area (Å²) < 4.78 is 4.85. The van der Waals surface area contributed by atoms with E-state index in [4.69, 9.17) is 4.74 Å². The van der Waals surface area contributed by atoms with Gasteiger partial charge < -0.3 is 14.8 Å². The predicted octanol–water partition coefficient (Wildman–Crippen LogP) is 1.40. The second-order valence-corrected chi connectivity index (χ2v) is 4.13. The lowest BCUT2D eigenvalue weighted by Crippen LogP contribution is -2.17. The van der Waals surface area contributed by atoms with E-state index in [9.17, 15) is 20.0 Å². The molecule has 2 aromatic rings. The highest BCUT2D eigenvalue weighted by molar-refractivity contribution is 5.93. The Hall–Kier alpha value is -3.36. The number of hydrazone groups is 1. The van der Waals surface area contributed by atoms with Gasteiger partial charge in [0, 0.05) is 17.8 Å². The number of hydrogen-bond acceptors (Lipinski definition) is 6. The molecule has 0 aliphatic carbocycles. The van der Waals surface area contributed by atoms with Gasteiger partial charge in [-0.2, -0.15) is 5.10 Å². The molecule has 1 heterocycles. The number of amides is 1. The Morgan fingerprint density at radius 2 is 2.32 bits per heavy atom. The Balaban J connectivity index is 2.18. The fourth-order valence-corrected chi connectivity index (χ4v) is 1.68. The number of nitro groups is 1. The molecule has 1 aromatic carbocycles. The summed E-state index contributed by atoms with van der Waals surface area (Å²) in [6.07, 6.45) is 2.79. The first-order valence-corrected chi connectivity index (χ1v) is 6.05. The minimum atomic E-state index is -0.743. The zero-order valence-electron chi connectivity index (χ0n) is 11.4. The molecule has 0 unspecified atom stereocenters. The van der Waals surface area contributed by atoms with Crippen LogP contribution in [0.3, 0.4) is 0 Å². The highest BCUT2D eigenvalue weighted by Gasteiger charge is 2.19. The Kier molecular flexibility index (Phi) is 4.37. The van der Waals surface area contributed by atoms with Gasteiger partial charge in [-0.05, 0) is 18.2 Å². The molecule has 0 fully saturated rings. The molecule has 22 heavy (non-hydrogen) atoms. The monoisotopic (exact) mass is 304 g/mol. The van der Waals surface area contributed by atoms with E-state index in [2.05, 4.69) is 15.5 Å². The molecule has 0 saturated carbocycles. The number of H-pyrrole nitrogens is 1. The van der Waals surface area contributed by atoms with E-state index >= 15 is 0 Å². The molecule has 0 saturated heterocycles. The predicted molar refractivity (Wildman–Crippen MR) is 77.2 cm³/mol. The number of rotatable bonds is 5. The van der Waals surface area contributed by atoms with Crippen molar-refractivity contribution in [1.82, 2.24) is 10.4 Å². The smallest absolute Gasteiger partial charge is 0.315 e. The number of aromatic nitrogens is 1. The van der Waals surface area contributed by atoms with E-state index in [1.165, 1.54) is 19.4 Å². The van der Waals surface area contributed by atoms with Gasteiger partial charge in [0.15, 0.2) is 5.75 Å². The van der Waals surface area contributed by atoms with Crippen LogP contribution >= 0.6 is 0 Å². The van der Waals surface area contributed by atoms with Gasteiger partial charge in [-0.15, -0.1) is 0 Å². The van der Waals surface area contributed by atoms with Gasteiger partial charge in [-0.25, -0.2) is 5.43 Å². The number of ether oxygens (including phenoxy) is 1. The summed E-state index contributed by atoms with van der Waals surface area (Å²) in [5.41, 5.74) is 2.35. The van der Waals surface area contributed by atoms with Gasteiger partial charge >= 0.3 is 5.69 Å². The summed E-state index contributed by atoms with van der Waals surface area (Å²) in [5.74, 6) is -1.09. The number of aromatic hydroxyl groups is 1. The average molecular weight is 304 g/mol. The Morgan fingerprint density at radius 3 is 2.91 bits per heavy atom. The zero-order chi connectivity index (χ0) is 16.1. The van der Waals surface area contributed by atoms with Crippen molar-refractivity contribution < 1.29 is 19.6 Å². The van der Waals surface area contributed by atoms with Gasteiger partial charge in [0.1, 0.15) is 5.69 Å². The third kappa shape index (κ3) is 3.20. The second-order valence-electron chi connectivity index (χ2n) is 4.13. The van der Waals surface area contributed by atoms with E-state index in [-0.39, 0.29) is 11.3 Å². The number of nitrogens with zero attached hydrogens (tertiary/aromatic N) is 2. The standard InChI is InChI=1S/C13H12N4O5/c1-22-11-6-8(5-10(12(11)18)17(20)21)7-15-16-13(19)9-3-2-4-14-9/h2-7,14,18H,1H3,(H,16,19)/b15-7-. The highest BCUT2D eigenvalue weighted by Crippen LogP contribution is 2.36. The number of phenolic OH excluding ortho intramolecular Hbond substituents is 1. The first-order valence-electron chi connectivity index (χ1n) is 6.05. The maximum Gasteiger partial charge on any atom is 0.315 e. The van der Waals surface area contributed by atoms with E-state index in [1.54, 1.807) is 18.3 Å². The lowest BCUT2D eigenvalue weighted by atomic mass is 10.2. The lowest BCUT2D eigenvalue weighted by molar-refractivity contribution is -0.386. The quantitative estimate of drug-likeness (QED) is 0.436. The molecule has 1 aromatic heterocycles. The number of hydrogen-bond donors (Lipinski definition) is 3. The molecule has 0 atom stereocenters. The van der Waals surface area contributed by atoms with E-state index in [1.807, 2.05) is 0 Å². The van der Waals surface area contributed by atoms with Crippen LogP contribution in [0.15, 0.2) is 35.6 Å². The van der Waals surface area contributed by atoms with Crippen molar-refractivity contribution in [2.45, 2.75) is 0 Å². The van der Waals surface area contributed by atoms with Gasteiger partial charge in [0.2, 0.25) is 5.75 Å². The highest BCUT2D eigenvalue weighted by atomic mass is 16.6. The number of carbonyl (C=O) groups is 1. The third-order valence-electron chi connectivity index (χ3n) is 2.72. The van der Waals surface area contributed by atoms with Crippen molar-refractivity contribution in [3.63, 3.8) is 0 Å². The van der Waals surface area contributed by atoms with Gasteiger partial charge in [0.05, 0.1) is 18.2 Å². The Morgan fingerprint density at radius 1 is 1.55 bits per heavy atom. The Bertz CT molecular complexity index is 724. The molecule has 114 valence electrons. The largest absolute Gasteiger partial charge is 0.500 e. The Labute approximate surface area is 124 Å². The summed E-state index contributed by atoms with van der Waals surface area (Å²) in [6.45, 7) is 0. The van der Waals surface area contributed by atoms with Crippen LogP contribution in [0, 0.1) is 10.1 Å². The minimum absolute atomic E-state index is 0.0636. The third-order valence-corrected chi connectivity index (χ3v) is 2.72. The maximum atomic E-state index is 11.6. The molecule has 2 rings (SSSR count). The number of methoxy groups -OCH3 is 1. The number of nitro benzene ring substituents is 1. The molecule has 9 heteroatoms. The van der Waals surface area contributed by atoms with Crippen LogP contribution in [0.5, 0.6) is 11.5 Å². The van der Waals surface area contributed by atoms with Crippen molar-refractivity contribution in [1.29, 1.82) is 0 Å². The van der Waals surface area contributed by atoms with E-state index in [0.29, 0.717) is 5.69 Å². The molecule has 0 spiro atoms. The first-order chi connectivity index (χ1) is 10.5. The van der Waals surface area contributed by atoms with Crippen LogP contribution in [-0.4, -0.2) is 34.2 Å². The number of nitrogens with one attached hydrogen (secondary N) is 2. The van der Waals surface area contributed by atoms with Gasteiger partial charge in [-0.3, -0.25) is 14.9 Å². The number of phenols is 1. The van der Waals surface area contributed by atoms with Crippen molar-refractivity contribution in [2.24, 2.45) is 5.10 Å². The molecular weight excluding hydrogens is 292 g/mol. The number of aromatic amines is 1. The summed E-state index contributed by atoms with van der Waals surface area (Å²) >= 11 is 0. The summed E-state index contributed by atoms with van der Waals surface area (Å²) in [6, 6.07) is 5.70. The molecule has 9 nitrogen and oxygen atoms in total. The molecule has 0 radical (unpaired) electrons. The molecule has 0 aliphatic heterocycles. The molecule has 0 bridgehead atoms. The van der Waals surface area contributed by atoms with Crippen LogP contribution in [-0.2, 0) is 0 Å². The van der Waals surface area contributed by atoms with E-state index in [0.717, 1.165) is 6.07 Å². The fourth-order valence-electron chi connectivity index (χ4n) is 1.68. The van der Waals surface area contributed by atoms with Crippen molar-refractivity contribution in [2.75, 3.05) is 7.11 Å². The maximum absolute atomic E-state index is 11.6. The number of carbonyl (C=O) groups excluding carboxylic acids is 1. The lowest BCUT2D eigenvalue weighted by Gasteiger charge is -2.05. The topological polar surface area (TPSA) is 130 Å². The molecule has 0 aliphatic rings. The summed E-state index contributed by atoms with van der Waals surface area (Å²) in [5, 5.41) is 24.2. The van der Waals surface area contributed by atoms with Crippen LogP contribution in [0.4, 0.5) is 5.69 Å². The van der Waals surface area contributed by atoms with Crippen molar-refractivity contribution >= 4 is 17.8 Å². The van der Waals surface area contributed by atoms with Crippen LogP contribution < -0.4 is 10.2 Å². The van der Waals surface area contributed by atoms with Crippen LogP contribution in [0.1, 0.15) is 16.1 Å². The van der Waals surface area contributed by atoms with Gasteiger partial charge in [-0.1, -0.05) is 0 Å². The van der Waals surface area contributed by atoms with Crippen LogP contribution in [0.25, 0.3) is 0 Å². The van der Waals surface area contributed by atoms with Gasteiger partial charge in [0.25, 0.3) is 5.91 Å². The normalized spacial score (nSPS) is 10.6. The second kappa shape index (κ2) is 6.39. The summed E-state index contributed by atoms with van der Waals surface area (Å²) in [7, 11) is 1.27. The van der Waals surface area contributed by atoms with Crippen molar-refractivity contribution in [3.8, 4) is 11.5 Å². The minimum Gasteiger partial charge on any atom is -0.500 e. The van der Waals surface area contributed by atoms with Crippen molar-refractivity contribution in [3.05, 3.63) is 51.8 Å². The molecular formula is C13H12N4O5. The molecule has 1 amide bonds. The number of benzene rings is 1. The SMILES string of the molecule is COc1cc(/C=N\NC(=O)c2ccc[nH]2)cc([N+](=O)[O-])c1O. The van der Waals surface area contributed by atoms with E-state index < -0.39 is 22.3 Å². The first kappa shape index (κ1) is 15.0. The average Bonchev–Trinajstić information content (AvgIpc) is 3.02. The molecule has 3 N–H and O–H groups in total.